The number of carbonyl (C=O) groups excluding carboxylic acids is 1. The van der Waals surface area contributed by atoms with Crippen molar-refractivity contribution in [3.05, 3.63) is 52.6 Å². The Morgan fingerprint density at radius 3 is 2.78 bits per heavy atom. The van der Waals surface area contributed by atoms with Crippen LogP contribution in [0, 0.1) is 35.8 Å². The second-order valence-electron chi connectivity index (χ2n) is 13.6. The van der Waals surface area contributed by atoms with Crippen molar-refractivity contribution in [3.8, 4) is 23.2 Å². The van der Waals surface area contributed by atoms with Crippen LogP contribution in [0.5, 0.6) is 6.01 Å². The predicted octanol–water partition coefficient (Wildman–Crippen LogP) is 6.28. The molecule has 0 aliphatic carbocycles. The fourth-order valence-electron chi connectivity index (χ4n) is 8.05. The topological polar surface area (TPSA) is 151 Å². The minimum absolute atomic E-state index is 0.00645. The van der Waals surface area contributed by atoms with Crippen molar-refractivity contribution in [2.45, 2.75) is 51.0 Å². The van der Waals surface area contributed by atoms with E-state index in [-0.39, 0.29) is 65.8 Å². The summed E-state index contributed by atoms with van der Waals surface area (Å²) in [6.45, 7) is 5.87. The van der Waals surface area contributed by atoms with E-state index in [4.69, 9.17) is 27.1 Å². The lowest BCUT2D eigenvalue weighted by molar-refractivity contribution is 0.108. The predicted molar refractivity (Wildman–Crippen MR) is 191 cm³/mol. The Morgan fingerprint density at radius 2 is 2.04 bits per heavy atom. The summed E-state index contributed by atoms with van der Waals surface area (Å²) in [6, 6.07) is 6.05. The van der Waals surface area contributed by atoms with Gasteiger partial charge in [-0.2, -0.15) is 19.9 Å². The van der Waals surface area contributed by atoms with Crippen molar-refractivity contribution in [3.63, 3.8) is 0 Å². The molecule has 51 heavy (non-hydrogen) atoms. The van der Waals surface area contributed by atoms with Crippen molar-refractivity contribution >= 4 is 60.8 Å². The highest BCUT2D eigenvalue weighted by atomic mass is 35.5. The van der Waals surface area contributed by atoms with E-state index in [0.29, 0.717) is 49.7 Å². The van der Waals surface area contributed by atoms with Crippen LogP contribution in [0.1, 0.15) is 49.9 Å². The average molecular weight is 733 g/mol. The summed E-state index contributed by atoms with van der Waals surface area (Å²) < 4.78 is 39.7. The number of hydrogen-bond acceptors (Lipinski definition) is 11. The number of fused-ring (bicyclic) bond motifs is 3. The Hall–Kier alpha value is -4.65. The molecule has 3 saturated heterocycles. The van der Waals surface area contributed by atoms with Gasteiger partial charge in [0.25, 0.3) is 0 Å². The molecule has 16 heteroatoms. The first kappa shape index (κ1) is 33.5. The van der Waals surface area contributed by atoms with Crippen molar-refractivity contribution in [1.29, 1.82) is 5.26 Å². The number of amides is 1. The van der Waals surface area contributed by atoms with E-state index in [2.05, 4.69) is 30.2 Å². The Labute approximate surface area is 301 Å². The molecule has 0 radical (unpaired) electrons. The van der Waals surface area contributed by atoms with E-state index in [1.54, 1.807) is 13.0 Å². The highest BCUT2D eigenvalue weighted by molar-refractivity contribution is 7.23. The van der Waals surface area contributed by atoms with Gasteiger partial charge < -0.3 is 20.7 Å². The first-order valence-corrected chi connectivity index (χ1v) is 18.2. The molecule has 1 amide bonds. The number of hydrogen-bond donors (Lipinski definition) is 2. The number of nitrogens with two attached hydrogens (primary N) is 1. The van der Waals surface area contributed by atoms with E-state index in [1.807, 2.05) is 6.07 Å². The van der Waals surface area contributed by atoms with Crippen LogP contribution in [0.3, 0.4) is 0 Å². The van der Waals surface area contributed by atoms with Crippen molar-refractivity contribution < 1.29 is 18.3 Å². The molecule has 0 bridgehead atoms. The van der Waals surface area contributed by atoms with Crippen molar-refractivity contribution in [1.82, 2.24) is 34.9 Å². The Kier molecular flexibility index (Phi) is 8.64. The van der Waals surface area contributed by atoms with E-state index in [9.17, 15) is 14.4 Å². The van der Waals surface area contributed by atoms with Crippen LogP contribution in [0.4, 0.5) is 24.4 Å². The minimum Gasteiger partial charge on any atom is -0.461 e. The molecule has 3 fully saturated rings. The van der Waals surface area contributed by atoms with Crippen molar-refractivity contribution in [2.24, 2.45) is 5.92 Å². The van der Waals surface area contributed by atoms with Crippen LogP contribution in [-0.4, -0.2) is 80.5 Å². The van der Waals surface area contributed by atoms with Gasteiger partial charge in [0.1, 0.15) is 47.0 Å². The number of nitriles is 1. The number of aryl methyl sites for hydroxylation is 1. The van der Waals surface area contributed by atoms with Gasteiger partial charge in [0, 0.05) is 36.0 Å². The van der Waals surface area contributed by atoms with Gasteiger partial charge in [-0.25, -0.2) is 18.6 Å². The van der Waals surface area contributed by atoms with Gasteiger partial charge in [0.2, 0.25) is 0 Å². The normalized spacial score (nSPS) is 18.5. The molecule has 6 heterocycles. The summed E-state index contributed by atoms with van der Waals surface area (Å²) in [5.41, 5.74) is 6.34. The molecule has 3 aromatic heterocycles. The molecule has 3 aliphatic rings. The molecule has 0 saturated carbocycles. The molecule has 1 unspecified atom stereocenters. The first-order chi connectivity index (χ1) is 24.7. The number of halogens is 3. The van der Waals surface area contributed by atoms with E-state index in [0.717, 1.165) is 56.5 Å². The molecule has 8 rings (SSSR count). The van der Waals surface area contributed by atoms with Gasteiger partial charge in [-0.05, 0) is 82.2 Å². The second-order valence-corrected chi connectivity index (χ2v) is 15.0. The maximum Gasteiger partial charge on any atom is 0.343 e. The average Bonchev–Trinajstić information content (AvgIpc) is 3.94. The van der Waals surface area contributed by atoms with Crippen LogP contribution in [0.2, 0.25) is 5.02 Å². The van der Waals surface area contributed by atoms with Gasteiger partial charge in [0.05, 0.1) is 20.8 Å². The molecule has 2 aromatic carbocycles. The minimum atomic E-state index is -0.726. The lowest BCUT2D eigenvalue weighted by Crippen LogP contribution is -2.43. The fourth-order valence-corrected chi connectivity index (χ4v) is 9.29. The number of nitrogens with zero attached hydrogens (tertiary/aromatic N) is 8. The standard InChI is InChI=1S/C35H35ClF2N10O2S/c1-19-42-18-48(45-19)34(49)41-10-6-20-7-13-46(16-20)32-22-14-24(36)27(21-4-5-25(37)30-26(21)23(15-39)31(40)51-30)28(38)29(22)43-33(44-32)50-17-35-8-2-11-47(35)12-3-9-35/h4-5,14,18,20H,2-3,6-13,16-17,40H2,1H3,(H,41,49). The molecule has 0 spiro atoms. The van der Waals surface area contributed by atoms with Gasteiger partial charge >= 0.3 is 12.0 Å². The highest BCUT2D eigenvalue weighted by Gasteiger charge is 2.45. The lowest BCUT2D eigenvalue weighted by atomic mass is 9.95. The maximum absolute atomic E-state index is 17.0. The van der Waals surface area contributed by atoms with Gasteiger partial charge in [-0.1, -0.05) is 17.7 Å². The number of aromatic nitrogens is 5. The number of anilines is 2. The number of nitrogens with one attached hydrogen (secondary N) is 1. The third-order valence-corrected chi connectivity index (χ3v) is 11.9. The quantitative estimate of drug-likeness (QED) is 0.187. The summed E-state index contributed by atoms with van der Waals surface area (Å²) >= 11 is 7.82. The van der Waals surface area contributed by atoms with Gasteiger partial charge in [0.15, 0.2) is 5.82 Å². The monoisotopic (exact) mass is 732 g/mol. The zero-order chi connectivity index (χ0) is 35.4. The van der Waals surface area contributed by atoms with Gasteiger partial charge in [-0.3, -0.25) is 4.90 Å². The highest BCUT2D eigenvalue weighted by Crippen LogP contribution is 2.46. The first-order valence-electron chi connectivity index (χ1n) is 17.1. The summed E-state index contributed by atoms with van der Waals surface area (Å²) in [6.07, 6.45) is 7.16. The maximum atomic E-state index is 17.0. The smallest absolute Gasteiger partial charge is 0.343 e. The Morgan fingerprint density at radius 1 is 1.24 bits per heavy atom. The summed E-state index contributed by atoms with van der Waals surface area (Å²) in [5, 5.41) is 17.7. The van der Waals surface area contributed by atoms with E-state index >= 15 is 4.39 Å². The molecule has 12 nitrogen and oxygen atoms in total. The Bertz CT molecular complexity index is 2230. The molecule has 1 atom stereocenters. The molecule has 3 aliphatic heterocycles. The molecule has 264 valence electrons. The van der Waals surface area contributed by atoms with Crippen LogP contribution in [0.25, 0.3) is 32.1 Å². The number of rotatable bonds is 8. The van der Waals surface area contributed by atoms with Crippen LogP contribution in [0.15, 0.2) is 24.5 Å². The third kappa shape index (κ3) is 5.88. The number of carbonyl (C=O) groups is 1. The molecule has 3 N–H and O–H groups in total. The number of thiophene rings is 1. The molecular weight excluding hydrogens is 698 g/mol. The van der Waals surface area contributed by atoms with E-state index in [1.165, 1.54) is 23.1 Å². The zero-order valence-electron chi connectivity index (χ0n) is 27.9. The fraction of sp³-hybridized carbons (Fsp3) is 0.429. The number of ether oxygens (including phenoxy) is 1. The van der Waals surface area contributed by atoms with Crippen LogP contribution < -0.4 is 20.7 Å². The van der Waals surface area contributed by atoms with Crippen molar-refractivity contribution in [2.75, 3.05) is 50.0 Å². The van der Waals surface area contributed by atoms with Crippen LogP contribution in [-0.2, 0) is 0 Å². The summed E-state index contributed by atoms with van der Waals surface area (Å²) in [4.78, 5) is 30.5. The van der Waals surface area contributed by atoms with Gasteiger partial charge in [-0.15, -0.1) is 16.4 Å². The molecule has 5 aromatic rings. The second kappa shape index (κ2) is 13.2. The van der Waals surface area contributed by atoms with E-state index < -0.39 is 11.6 Å². The van der Waals surface area contributed by atoms with Crippen LogP contribution >= 0.6 is 22.9 Å². The molecular formula is C35H35ClF2N10O2S. The SMILES string of the molecule is Cc1ncn(C(=O)NCCC2CCN(c3nc(OCC45CCCN4CCC5)nc4c(F)c(-c5ccc(F)c6sc(N)c(C#N)c56)c(Cl)cc34)C2)n1. The largest absolute Gasteiger partial charge is 0.461 e. The number of benzene rings is 2. The summed E-state index contributed by atoms with van der Waals surface area (Å²) in [7, 11) is 0. The lowest BCUT2D eigenvalue weighted by Gasteiger charge is -2.31. The summed E-state index contributed by atoms with van der Waals surface area (Å²) in [5.74, 6) is -0.0504. The Balaban J connectivity index is 1.15. The zero-order valence-corrected chi connectivity index (χ0v) is 29.5. The third-order valence-electron chi connectivity index (χ3n) is 10.6. The number of nitrogen functional groups attached to an aromatic ring is 1.